The first kappa shape index (κ1) is 19.7. The van der Waals surface area contributed by atoms with Crippen LogP contribution in [0.1, 0.15) is 23.4 Å². The summed E-state index contributed by atoms with van der Waals surface area (Å²) in [6.07, 6.45) is -1.33. The molecule has 1 saturated carbocycles. The Hall–Kier alpha value is -1.61. The van der Waals surface area contributed by atoms with Crippen LogP contribution in [0.4, 0.5) is 17.6 Å². The molecule has 1 aliphatic carbocycles. The smallest absolute Gasteiger partial charge is 0.131 e. The first-order valence-corrected chi connectivity index (χ1v) is 9.91. The highest BCUT2D eigenvalue weighted by atomic mass is 127. The average molecular weight is 521 g/mol. The molecule has 2 unspecified atom stereocenters. The van der Waals surface area contributed by atoms with Gasteiger partial charge in [-0.15, -0.1) is 0 Å². The summed E-state index contributed by atoms with van der Waals surface area (Å²) in [4.78, 5) is 0. The predicted molar refractivity (Wildman–Crippen MR) is 108 cm³/mol. The minimum atomic E-state index is -1.37. The largest absolute Gasteiger partial charge is 0.271 e. The maximum Gasteiger partial charge on any atom is 0.131 e. The fourth-order valence-electron chi connectivity index (χ4n) is 4.00. The van der Waals surface area contributed by atoms with Gasteiger partial charge in [0.2, 0.25) is 0 Å². The summed E-state index contributed by atoms with van der Waals surface area (Å²) in [6, 6.07) is 5.87. The Kier molecular flexibility index (Phi) is 4.73. The lowest BCUT2D eigenvalue weighted by Gasteiger charge is -2.21. The second-order valence-electron chi connectivity index (χ2n) is 6.94. The van der Waals surface area contributed by atoms with Crippen LogP contribution >= 0.6 is 34.2 Å². The maximum atomic E-state index is 14.9. The van der Waals surface area contributed by atoms with Crippen LogP contribution in [0.25, 0.3) is 11.1 Å². The third kappa shape index (κ3) is 2.85. The van der Waals surface area contributed by atoms with E-state index in [1.54, 1.807) is 14.0 Å². The van der Waals surface area contributed by atoms with Gasteiger partial charge in [-0.25, -0.2) is 17.6 Å². The van der Waals surface area contributed by atoms with E-state index < -0.39 is 29.0 Å². The van der Waals surface area contributed by atoms with Crippen molar-refractivity contribution in [3.05, 3.63) is 73.3 Å². The van der Waals surface area contributed by atoms with E-state index in [9.17, 15) is 17.6 Å². The number of aromatic nitrogens is 2. The van der Waals surface area contributed by atoms with E-state index >= 15 is 0 Å². The molecule has 0 amide bonds. The lowest BCUT2D eigenvalue weighted by atomic mass is 9.86. The number of benzene rings is 2. The Morgan fingerprint density at radius 3 is 2.43 bits per heavy atom. The van der Waals surface area contributed by atoms with Gasteiger partial charge in [0.15, 0.2) is 0 Å². The number of hydrogen-bond acceptors (Lipinski definition) is 1. The van der Waals surface area contributed by atoms with E-state index in [2.05, 4.69) is 5.10 Å². The molecule has 0 spiro atoms. The van der Waals surface area contributed by atoms with E-state index in [4.69, 9.17) is 11.6 Å². The molecule has 0 saturated heterocycles. The number of hydrogen-bond donors (Lipinski definition) is 0. The van der Waals surface area contributed by atoms with E-state index in [1.165, 1.54) is 28.9 Å². The van der Waals surface area contributed by atoms with Crippen LogP contribution in [-0.4, -0.2) is 16.0 Å². The number of nitrogens with zero attached hydrogens (tertiary/aromatic N) is 2. The first-order valence-electron chi connectivity index (χ1n) is 8.45. The van der Waals surface area contributed by atoms with Gasteiger partial charge in [0.05, 0.1) is 21.8 Å². The van der Waals surface area contributed by atoms with Crippen molar-refractivity contribution in [2.24, 2.45) is 7.05 Å². The van der Waals surface area contributed by atoms with Crippen molar-refractivity contribution in [1.29, 1.82) is 0 Å². The van der Waals surface area contributed by atoms with Crippen molar-refractivity contribution in [1.82, 2.24) is 9.78 Å². The van der Waals surface area contributed by atoms with E-state index in [-0.39, 0.29) is 17.0 Å². The molecule has 1 aromatic heterocycles. The number of halogens is 6. The second-order valence-corrected chi connectivity index (χ2v) is 8.51. The van der Waals surface area contributed by atoms with E-state index in [1.807, 2.05) is 22.6 Å². The quantitative estimate of drug-likeness (QED) is 0.302. The summed E-state index contributed by atoms with van der Waals surface area (Å²) in [6.45, 7) is 1.73. The lowest BCUT2D eigenvalue weighted by molar-refractivity contribution is 0.424. The molecule has 0 radical (unpaired) electrons. The normalized spacial score (nSPS) is 21.2. The number of aryl methyl sites for hydroxylation is 2. The Bertz CT molecular complexity index is 1090. The van der Waals surface area contributed by atoms with Crippen LogP contribution in [0.5, 0.6) is 0 Å². The molecule has 146 valence electrons. The summed E-state index contributed by atoms with van der Waals surface area (Å²) in [5.74, 6) is -2.03. The average Bonchev–Trinajstić information content (AvgIpc) is 3.12. The second kappa shape index (κ2) is 6.73. The summed E-state index contributed by atoms with van der Waals surface area (Å²) in [5, 5.41) is 4.54. The van der Waals surface area contributed by atoms with Crippen LogP contribution in [0.3, 0.4) is 0 Å². The fraction of sp³-hybridized carbons (Fsp3) is 0.250. The lowest BCUT2D eigenvalue weighted by Crippen LogP contribution is -2.22. The van der Waals surface area contributed by atoms with Crippen molar-refractivity contribution < 1.29 is 17.6 Å². The molecule has 2 nitrogen and oxygen atoms in total. The summed E-state index contributed by atoms with van der Waals surface area (Å²) < 4.78 is 58.7. The molecule has 1 aliphatic rings. The number of rotatable bonds is 3. The van der Waals surface area contributed by atoms with Crippen LogP contribution in [0.15, 0.2) is 30.3 Å². The predicted octanol–water partition coefficient (Wildman–Crippen LogP) is 6.10. The van der Waals surface area contributed by atoms with Gasteiger partial charge in [-0.3, -0.25) is 4.68 Å². The van der Waals surface area contributed by atoms with Crippen molar-refractivity contribution in [3.63, 3.8) is 0 Å². The van der Waals surface area contributed by atoms with Gasteiger partial charge < -0.3 is 0 Å². The molecule has 28 heavy (non-hydrogen) atoms. The fourth-order valence-corrected chi connectivity index (χ4v) is 5.30. The molecule has 2 aromatic carbocycles. The van der Waals surface area contributed by atoms with Crippen LogP contribution in [-0.2, 0) is 12.5 Å². The third-order valence-corrected chi connectivity index (χ3v) is 6.34. The van der Waals surface area contributed by atoms with Gasteiger partial charge in [0.1, 0.15) is 23.6 Å². The molecule has 1 fully saturated rings. The highest BCUT2D eigenvalue weighted by Crippen LogP contribution is 2.59. The topological polar surface area (TPSA) is 17.8 Å². The molecule has 4 rings (SSSR count). The Labute approximate surface area is 177 Å². The van der Waals surface area contributed by atoms with Crippen LogP contribution in [0, 0.1) is 27.9 Å². The van der Waals surface area contributed by atoms with Gasteiger partial charge in [0.25, 0.3) is 0 Å². The minimum Gasteiger partial charge on any atom is -0.271 e. The number of alkyl halides is 1. The molecule has 2 atom stereocenters. The zero-order valence-corrected chi connectivity index (χ0v) is 17.7. The van der Waals surface area contributed by atoms with Crippen molar-refractivity contribution in [2.75, 3.05) is 0 Å². The van der Waals surface area contributed by atoms with Crippen LogP contribution < -0.4 is 0 Å². The third-order valence-electron chi connectivity index (χ3n) is 5.17. The highest BCUT2D eigenvalue weighted by molar-refractivity contribution is 14.1. The molecule has 0 bridgehead atoms. The molecule has 0 aliphatic heterocycles. The van der Waals surface area contributed by atoms with Gasteiger partial charge >= 0.3 is 0 Å². The molecule has 0 N–H and O–H groups in total. The molecular weight excluding hydrogens is 507 g/mol. The van der Waals surface area contributed by atoms with Crippen molar-refractivity contribution in [2.45, 2.75) is 24.9 Å². The Morgan fingerprint density at radius 2 is 1.86 bits per heavy atom. The Morgan fingerprint density at radius 1 is 1.18 bits per heavy atom. The zero-order chi connectivity index (χ0) is 20.4. The maximum absolute atomic E-state index is 14.9. The summed E-state index contributed by atoms with van der Waals surface area (Å²) >= 11 is 8.08. The Balaban J connectivity index is 2.02. The minimum absolute atomic E-state index is 0.0380. The van der Waals surface area contributed by atoms with Crippen LogP contribution in [0.2, 0.25) is 5.02 Å². The SMILES string of the molecule is Cc1nn(C)c(C2(c3c(F)cc(F)cc3I)CC2F)c1-c1ccc(F)cc1Cl. The summed E-state index contributed by atoms with van der Waals surface area (Å²) in [5.41, 5.74) is 0.810. The molecule has 3 aromatic rings. The molecule has 1 heterocycles. The van der Waals surface area contributed by atoms with Gasteiger partial charge in [-0.2, -0.15) is 5.10 Å². The molecular formula is C20H14ClF4IN2. The standard InChI is InChI=1S/C20H14ClF4IN2/c1-9-17(12-4-3-10(22)5-13(12)21)19(28(2)27-9)20(8-16(20)25)18-14(24)6-11(23)7-15(18)26/h3-7,16H,8H2,1-2H3. The van der Waals surface area contributed by atoms with Gasteiger partial charge in [-0.1, -0.05) is 11.6 Å². The van der Waals surface area contributed by atoms with Crippen molar-refractivity contribution >= 4 is 34.2 Å². The summed E-state index contributed by atoms with van der Waals surface area (Å²) in [7, 11) is 1.64. The van der Waals surface area contributed by atoms with Crippen molar-refractivity contribution in [3.8, 4) is 11.1 Å². The highest BCUT2D eigenvalue weighted by Gasteiger charge is 2.62. The van der Waals surface area contributed by atoms with E-state index in [0.29, 0.717) is 26.1 Å². The van der Waals surface area contributed by atoms with E-state index in [0.717, 1.165) is 6.07 Å². The monoisotopic (exact) mass is 520 g/mol. The first-order chi connectivity index (χ1) is 13.2. The molecule has 8 heteroatoms. The van der Waals surface area contributed by atoms with Gasteiger partial charge in [0, 0.05) is 33.4 Å². The van der Waals surface area contributed by atoms with Gasteiger partial charge in [-0.05, 0) is 60.2 Å². The zero-order valence-electron chi connectivity index (χ0n) is 14.8.